The normalized spacial score (nSPS) is 12.4. The van der Waals surface area contributed by atoms with Crippen molar-refractivity contribution in [1.82, 2.24) is 4.98 Å². The second kappa shape index (κ2) is 3.86. The number of carboxylic acids is 1. The van der Waals surface area contributed by atoms with E-state index in [1.54, 1.807) is 12.1 Å². The van der Waals surface area contributed by atoms with Gasteiger partial charge in [-0.3, -0.25) is 4.79 Å². The Hall–Kier alpha value is -1.62. The van der Waals surface area contributed by atoms with E-state index < -0.39 is 12.0 Å². The summed E-state index contributed by atoms with van der Waals surface area (Å²) < 4.78 is 0. The second-order valence-electron chi connectivity index (χ2n) is 2.74. The van der Waals surface area contributed by atoms with E-state index in [1.807, 2.05) is 0 Å². The summed E-state index contributed by atoms with van der Waals surface area (Å²) in [6.45, 7) is 0. The average molecular weight is 181 g/mol. The molecule has 13 heavy (non-hydrogen) atoms. The Morgan fingerprint density at radius 1 is 1.62 bits per heavy atom. The Balaban J connectivity index is 2.64. The minimum atomic E-state index is -1.02. The van der Waals surface area contributed by atoms with E-state index in [-0.39, 0.29) is 6.42 Å². The quantitative estimate of drug-likeness (QED) is 0.589. The molecule has 1 aromatic rings. The number of rotatable bonds is 3. The van der Waals surface area contributed by atoms with Crippen LogP contribution in [0.1, 0.15) is 5.56 Å². The second-order valence-corrected chi connectivity index (χ2v) is 2.74. The van der Waals surface area contributed by atoms with Gasteiger partial charge in [0.15, 0.2) is 0 Å². The van der Waals surface area contributed by atoms with Gasteiger partial charge in [0.1, 0.15) is 11.9 Å². The van der Waals surface area contributed by atoms with Crippen LogP contribution in [0.4, 0.5) is 5.82 Å². The zero-order valence-corrected chi connectivity index (χ0v) is 6.97. The van der Waals surface area contributed by atoms with E-state index in [0.29, 0.717) is 5.82 Å². The summed E-state index contributed by atoms with van der Waals surface area (Å²) in [6.07, 6.45) is 1.79. The Kier molecular flexibility index (Phi) is 2.81. The topological polar surface area (TPSA) is 102 Å². The molecule has 0 unspecified atom stereocenters. The first kappa shape index (κ1) is 9.47. The zero-order chi connectivity index (χ0) is 9.84. The predicted molar refractivity (Wildman–Crippen MR) is 48.0 cm³/mol. The average Bonchev–Trinajstić information content (AvgIpc) is 2.08. The lowest BCUT2D eigenvalue weighted by atomic mass is 10.1. The molecule has 0 amide bonds. The molecule has 0 bridgehead atoms. The van der Waals surface area contributed by atoms with Crippen LogP contribution >= 0.6 is 0 Å². The Morgan fingerprint density at radius 2 is 2.31 bits per heavy atom. The van der Waals surface area contributed by atoms with Crippen LogP contribution in [0.25, 0.3) is 0 Å². The van der Waals surface area contributed by atoms with Crippen LogP contribution in [0.5, 0.6) is 0 Å². The Labute approximate surface area is 75.4 Å². The number of nitrogens with two attached hydrogens (primary N) is 2. The van der Waals surface area contributed by atoms with E-state index in [4.69, 9.17) is 16.6 Å². The molecule has 5 N–H and O–H groups in total. The number of aromatic nitrogens is 1. The molecule has 0 radical (unpaired) electrons. The SMILES string of the molecule is Nc1ccc(C[C@@H](N)C(=O)O)cn1. The highest BCUT2D eigenvalue weighted by Gasteiger charge is 2.11. The number of aliphatic carboxylic acids is 1. The van der Waals surface area contributed by atoms with Crippen LogP contribution in [-0.2, 0) is 11.2 Å². The Bertz CT molecular complexity index is 297. The number of hydrogen-bond donors (Lipinski definition) is 3. The Morgan fingerprint density at radius 3 is 2.77 bits per heavy atom. The summed E-state index contributed by atoms with van der Waals surface area (Å²) in [5, 5.41) is 8.53. The molecule has 0 spiro atoms. The lowest BCUT2D eigenvalue weighted by molar-refractivity contribution is -0.138. The fourth-order valence-corrected chi connectivity index (χ4v) is 0.898. The van der Waals surface area contributed by atoms with Gasteiger partial charge >= 0.3 is 5.97 Å². The summed E-state index contributed by atoms with van der Waals surface area (Å²) in [5.41, 5.74) is 11.5. The van der Waals surface area contributed by atoms with Gasteiger partial charge in [-0.25, -0.2) is 4.98 Å². The number of nitrogen functional groups attached to an aromatic ring is 1. The van der Waals surface area contributed by atoms with Gasteiger partial charge < -0.3 is 16.6 Å². The fraction of sp³-hybridized carbons (Fsp3) is 0.250. The summed E-state index contributed by atoms with van der Waals surface area (Å²) in [6, 6.07) is 2.44. The number of hydrogen-bond acceptors (Lipinski definition) is 4. The molecule has 0 aliphatic rings. The third kappa shape index (κ3) is 2.72. The summed E-state index contributed by atoms with van der Waals surface area (Å²) in [7, 11) is 0. The number of carbonyl (C=O) groups is 1. The van der Waals surface area contributed by atoms with Crippen molar-refractivity contribution >= 4 is 11.8 Å². The maximum Gasteiger partial charge on any atom is 0.320 e. The van der Waals surface area contributed by atoms with Gasteiger partial charge in [-0.2, -0.15) is 0 Å². The van der Waals surface area contributed by atoms with Crippen LogP contribution in [0.3, 0.4) is 0 Å². The summed E-state index contributed by atoms with van der Waals surface area (Å²) >= 11 is 0. The molecule has 1 heterocycles. The van der Waals surface area contributed by atoms with Crippen molar-refractivity contribution in [2.75, 3.05) is 5.73 Å². The molecule has 70 valence electrons. The van der Waals surface area contributed by atoms with Gasteiger partial charge in [0, 0.05) is 6.20 Å². The first-order valence-corrected chi connectivity index (χ1v) is 3.78. The van der Waals surface area contributed by atoms with Crippen LogP contribution in [-0.4, -0.2) is 22.1 Å². The highest BCUT2D eigenvalue weighted by Crippen LogP contribution is 2.03. The molecule has 0 aliphatic heterocycles. The molecule has 1 rings (SSSR count). The van der Waals surface area contributed by atoms with E-state index in [9.17, 15) is 4.79 Å². The highest BCUT2D eigenvalue weighted by molar-refractivity contribution is 5.73. The number of pyridine rings is 1. The maximum atomic E-state index is 10.4. The van der Waals surface area contributed by atoms with Gasteiger partial charge in [-0.15, -0.1) is 0 Å². The molecule has 1 aromatic heterocycles. The molecule has 1 atom stereocenters. The van der Waals surface area contributed by atoms with Crippen LogP contribution in [0.15, 0.2) is 18.3 Å². The van der Waals surface area contributed by atoms with Crippen molar-refractivity contribution in [2.45, 2.75) is 12.5 Å². The van der Waals surface area contributed by atoms with Crippen LogP contribution in [0, 0.1) is 0 Å². The molecule has 5 nitrogen and oxygen atoms in total. The van der Waals surface area contributed by atoms with E-state index >= 15 is 0 Å². The summed E-state index contributed by atoms with van der Waals surface area (Å²) in [4.78, 5) is 14.2. The van der Waals surface area contributed by atoms with Crippen LogP contribution < -0.4 is 11.5 Å². The van der Waals surface area contributed by atoms with E-state index in [0.717, 1.165) is 5.56 Å². The predicted octanol–water partition coefficient (Wildman–Crippen LogP) is -0.382. The minimum Gasteiger partial charge on any atom is -0.480 e. The van der Waals surface area contributed by atoms with Crippen LogP contribution in [0.2, 0.25) is 0 Å². The zero-order valence-electron chi connectivity index (χ0n) is 6.97. The first-order valence-electron chi connectivity index (χ1n) is 3.78. The highest BCUT2D eigenvalue weighted by atomic mass is 16.4. The van der Waals surface area contributed by atoms with Gasteiger partial charge in [0.05, 0.1) is 0 Å². The fourth-order valence-electron chi connectivity index (χ4n) is 0.898. The molecule has 0 aliphatic carbocycles. The van der Waals surface area contributed by atoms with E-state index in [2.05, 4.69) is 4.98 Å². The maximum absolute atomic E-state index is 10.4. The lowest BCUT2D eigenvalue weighted by Crippen LogP contribution is -2.32. The van der Waals surface area contributed by atoms with Crippen molar-refractivity contribution in [3.8, 4) is 0 Å². The van der Waals surface area contributed by atoms with E-state index in [1.165, 1.54) is 6.20 Å². The smallest absolute Gasteiger partial charge is 0.320 e. The standard InChI is InChI=1S/C8H11N3O2/c9-6(8(12)13)3-5-1-2-7(10)11-4-5/h1-2,4,6H,3,9H2,(H2,10,11)(H,12,13)/t6-/m1/s1. The third-order valence-corrected chi connectivity index (χ3v) is 1.62. The molecule has 0 fully saturated rings. The number of nitrogens with zero attached hydrogens (tertiary/aromatic N) is 1. The van der Waals surface area contributed by atoms with Crippen molar-refractivity contribution in [2.24, 2.45) is 5.73 Å². The van der Waals surface area contributed by atoms with Crippen molar-refractivity contribution in [3.63, 3.8) is 0 Å². The summed E-state index contributed by atoms with van der Waals surface area (Å²) in [5.74, 6) is -0.607. The molecule has 0 aromatic carbocycles. The van der Waals surface area contributed by atoms with Gasteiger partial charge in [-0.1, -0.05) is 6.07 Å². The minimum absolute atomic E-state index is 0.266. The first-order chi connectivity index (χ1) is 6.09. The molecular weight excluding hydrogens is 170 g/mol. The molecule has 0 saturated heterocycles. The molecular formula is C8H11N3O2. The van der Waals surface area contributed by atoms with Crippen molar-refractivity contribution in [1.29, 1.82) is 0 Å². The number of carboxylic acid groups (broad SMARTS) is 1. The largest absolute Gasteiger partial charge is 0.480 e. The van der Waals surface area contributed by atoms with Gasteiger partial charge in [-0.05, 0) is 18.1 Å². The van der Waals surface area contributed by atoms with Crippen molar-refractivity contribution < 1.29 is 9.90 Å². The van der Waals surface area contributed by atoms with Gasteiger partial charge in [0.25, 0.3) is 0 Å². The molecule has 5 heteroatoms. The third-order valence-electron chi connectivity index (χ3n) is 1.62. The monoisotopic (exact) mass is 181 g/mol. The molecule has 0 saturated carbocycles. The van der Waals surface area contributed by atoms with Crippen molar-refractivity contribution in [3.05, 3.63) is 23.9 Å². The number of anilines is 1. The lowest BCUT2D eigenvalue weighted by Gasteiger charge is -2.05. The van der Waals surface area contributed by atoms with Gasteiger partial charge in [0.2, 0.25) is 0 Å².